The number of benzene rings is 3. The van der Waals surface area contributed by atoms with Gasteiger partial charge in [-0.05, 0) is 55.0 Å². The van der Waals surface area contributed by atoms with E-state index < -0.39 is 16.1 Å². The monoisotopic (exact) mass is 575 g/mol. The zero-order valence-corrected chi connectivity index (χ0v) is 24.9. The lowest BCUT2D eigenvalue weighted by molar-refractivity contribution is -0.141. The van der Waals surface area contributed by atoms with Crippen LogP contribution < -0.4 is 5.32 Å². The van der Waals surface area contributed by atoms with Gasteiger partial charge in [-0.15, -0.1) is 0 Å². The van der Waals surface area contributed by atoms with Gasteiger partial charge in [0, 0.05) is 39.0 Å². The minimum absolute atomic E-state index is 0.128. The van der Waals surface area contributed by atoms with E-state index in [4.69, 9.17) is 0 Å². The molecule has 0 spiro atoms. The molecule has 41 heavy (non-hydrogen) atoms. The third-order valence-corrected chi connectivity index (χ3v) is 9.76. The van der Waals surface area contributed by atoms with Crippen LogP contribution in [-0.4, -0.2) is 55.1 Å². The molecule has 3 aromatic carbocycles. The van der Waals surface area contributed by atoms with E-state index in [-0.39, 0.29) is 35.7 Å². The van der Waals surface area contributed by atoms with E-state index in [2.05, 4.69) is 5.32 Å². The summed E-state index contributed by atoms with van der Waals surface area (Å²) < 4.78 is 27.2. The van der Waals surface area contributed by atoms with Gasteiger partial charge in [-0.25, -0.2) is 12.7 Å². The molecular weight excluding hydrogens is 534 g/mol. The molecule has 0 bridgehead atoms. The van der Waals surface area contributed by atoms with Crippen LogP contribution in [0.5, 0.6) is 0 Å². The molecule has 1 aliphatic carbocycles. The Balaban J connectivity index is 1.55. The van der Waals surface area contributed by atoms with E-state index in [1.807, 2.05) is 61.5 Å². The molecule has 1 atom stereocenters. The number of sulfonamides is 1. The van der Waals surface area contributed by atoms with Crippen LogP contribution in [0.4, 0.5) is 0 Å². The lowest BCUT2D eigenvalue weighted by atomic mass is 10.0. The maximum absolute atomic E-state index is 13.9. The third kappa shape index (κ3) is 8.27. The second kappa shape index (κ2) is 14.4. The van der Waals surface area contributed by atoms with Gasteiger partial charge in [-0.2, -0.15) is 0 Å². The van der Waals surface area contributed by atoms with Crippen molar-refractivity contribution in [2.24, 2.45) is 0 Å². The minimum Gasteiger partial charge on any atom is -0.352 e. The standard InChI is InChI=1S/C33H41N3O4S/c1-26-14-9-10-17-28(26)25-36(32(37)22-13-23-35(2)41(39,40)30-20-7-4-8-21-30)31(24-27-15-5-3-6-16-27)33(38)34-29-18-11-12-19-29/h3-10,14-17,20-21,29,31H,11-13,18-19,22-25H2,1-2H3,(H,34,38). The first-order valence-corrected chi connectivity index (χ1v) is 15.9. The number of aryl methyl sites for hydroxylation is 1. The molecule has 3 aromatic rings. The Morgan fingerprint density at radius 3 is 2.17 bits per heavy atom. The van der Waals surface area contributed by atoms with Crippen molar-refractivity contribution < 1.29 is 18.0 Å². The van der Waals surface area contributed by atoms with Crippen molar-refractivity contribution in [2.45, 2.75) is 75.4 Å². The van der Waals surface area contributed by atoms with E-state index in [9.17, 15) is 18.0 Å². The molecule has 1 fully saturated rings. The topological polar surface area (TPSA) is 86.8 Å². The van der Waals surface area contributed by atoms with Crippen molar-refractivity contribution in [2.75, 3.05) is 13.6 Å². The average molecular weight is 576 g/mol. The predicted molar refractivity (Wildman–Crippen MR) is 162 cm³/mol. The Morgan fingerprint density at radius 1 is 0.902 bits per heavy atom. The van der Waals surface area contributed by atoms with Gasteiger partial charge in [0.05, 0.1) is 4.90 Å². The maximum atomic E-state index is 13.9. The summed E-state index contributed by atoms with van der Waals surface area (Å²) in [4.78, 5) is 29.6. The number of hydrogen-bond acceptors (Lipinski definition) is 4. The number of carbonyl (C=O) groups excluding carboxylic acids is 2. The molecule has 8 heteroatoms. The molecule has 1 saturated carbocycles. The van der Waals surface area contributed by atoms with Crippen LogP contribution in [0.25, 0.3) is 0 Å². The van der Waals surface area contributed by atoms with Crippen LogP contribution in [0.1, 0.15) is 55.2 Å². The van der Waals surface area contributed by atoms with Gasteiger partial charge in [0.1, 0.15) is 6.04 Å². The molecule has 0 aromatic heterocycles. The molecule has 2 amide bonds. The Morgan fingerprint density at radius 2 is 1.51 bits per heavy atom. The summed E-state index contributed by atoms with van der Waals surface area (Å²) in [7, 11) is -2.12. The largest absolute Gasteiger partial charge is 0.352 e. The van der Waals surface area contributed by atoms with Crippen LogP contribution in [0.2, 0.25) is 0 Å². The van der Waals surface area contributed by atoms with E-state index in [1.54, 1.807) is 35.2 Å². The Hall–Kier alpha value is -3.49. The smallest absolute Gasteiger partial charge is 0.243 e. The highest BCUT2D eigenvalue weighted by Crippen LogP contribution is 2.22. The number of nitrogens with one attached hydrogen (secondary N) is 1. The van der Waals surface area contributed by atoms with Crippen LogP contribution in [0.3, 0.4) is 0 Å². The van der Waals surface area contributed by atoms with Crippen molar-refractivity contribution in [3.63, 3.8) is 0 Å². The summed E-state index contributed by atoms with van der Waals surface area (Å²) in [6.07, 6.45) is 4.98. The van der Waals surface area contributed by atoms with E-state index in [1.165, 1.54) is 11.4 Å². The second-order valence-corrected chi connectivity index (χ2v) is 12.9. The molecule has 1 N–H and O–H groups in total. The Kier molecular flexibility index (Phi) is 10.7. The van der Waals surface area contributed by atoms with Gasteiger partial charge < -0.3 is 10.2 Å². The molecule has 1 aliphatic rings. The summed E-state index contributed by atoms with van der Waals surface area (Å²) >= 11 is 0. The van der Waals surface area contributed by atoms with Crippen LogP contribution in [0, 0.1) is 6.92 Å². The molecule has 0 saturated heterocycles. The van der Waals surface area contributed by atoms with E-state index in [0.717, 1.165) is 42.4 Å². The number of nitrogens with zero attached hydrogens (tertiary/aromatic N) is 2. The first kappa shape index (κ1) is 30.5. The first-order valence-electron chi connectivity index (χ1n) is 14.5. The maximum Gasteiger partial charge on any atom is 0.243 e. The number of hydrogen-bond donors (Lipinski definition) is 1. The van der Waals surface area contributed by atoms with Crippen molar-refractivity contribution in [1.82, 2.24) is 14.5 Å². The molecule has 0 radical (unpaired) electrons. The molecule has 7 nitrogen and oxygen atoms in total. The molecule has 218 valence electrons. The number of amides is 2. The zero-order valence-electron chi connectivity index (χ0n) is 24.0. The third-order valence-electron chi connectivity index (χ3n) is 7.89. The molecule has 4 rings (SSSR count). The Labute approximate surface area is 244 Å². The summed E-state index contributed by atoms with van der Waals surface area (Å²) in [5.74, 6) is -0.298. The number of carbonyl (C=O) groups is 2. The van der Waals surface area contributed by atoms with Gasteiger partial charge in [-0.1, -0.05) is 85.6 Å². The highest BCUT2D eigenvalue weighted by molar-refractivity contribution is 7.89. The fourth-order valence-corrected chi connectivity index (χ4v) is 6.61. The van der Waals surface area contributed by atoms with Crippen molar-refractivity contribution in [3.05, 3.63) is 102 Å². The Bertz CT molecular complexity index is 1390. The van der Waals surface area contributed by atoms with E-state index in [0.29, 0.717) is 19.4 Å². The molecule has 1 unspecified atom stereocenters. The molecule has 0 heterocycles. The summed E-state index contributed by atoms with van der Waals surface area (Å²) in [5.41, 5.74) is 3.01. The van der Waals surface area contributed by atoms with Crippen LogP contribution >= 0.6 is 0 Å². The molecular formula is C33H41N3O4S. The predicted octanol–water partition coefficient (Wildman–Crippen LogP) is 5.09. The van der Waals surface area contributed by atoms with Crippen molar-refractivity contribution in [3.8, 4) is 0 Å². The van der Waals surface area contributed by atoms with Crippen LogP contribution in [-0.2, 0) is 32.6 Å². The minimum atomic E-state index is -3.65. The summed E-state index contributed by atoms with van der Waals surface area (Å²) in [6, 6.07) is 25.4. The van der Waals surface area contributed by atoms with Gasteiger partial charge >= 0.3 is 0 Å². The van der Waals surface area contributed by atoms with Gasteiger partial charge in [-0.3, -0.25) is 9.59 Å². The quantitative estimate of drug-likeness (QED) is 0.308. The van der Waals surface area contributed by atoms with Crippen molar-refractivity contribution >= 4 is 21.8 Å². The van der Waals surface area contributed by atoms with Gasteiger partial charge in [0.15, 0.2) is 0 Å². The van der Waals surface area contributed by atoms with Gasteiger partial charge in [0.25, 0.3) is 0 Å². The summed E-state index contributed by atoms with van der Waals surface area (Å²) in [5, 5.41) is 3.23. The second-order valence-electron chi connectivity index (χ2n) is 10.9. The first-order chi connectivity index (χ1) is 19.8. The molecule has 0 aliphatic heterocycles. The van der Waals surface area contributed by atoms with E-state index >= 15 is 0 Å². The van der Waals surface area contributed by atoms with Crippen molar-refractivity contribution in [1.29, 1.82) is 0 Å². The fraction of sp³-hybridized carbons (Fsp3) is 0.394. The lowest BCUT2D eigenvalue weighted by Gasteiger charge is -2.33. The lowest BCUT2D eigenvalue weighted by Crippen LogP contribution is -2.52. The fourth-order valence-electron chi connectivity index (χ4n) is 5.38. The van der Waals surface area contributed by atoms with Gasteiger partial charge in [0.2, 0.25) is 21.8 Å². The highest BCUT2D eigenvalue weighted by atomic mass is 32.2. The average Bonchev–Trinajstić information content (AvgIpc) is 3.49. The number of rotatable bonds is 13. The van der Waals surface area contributed by atoms with Crippen LogP contribution in [0.15, 0.2) is 89.8 Å². The SMILES string of the molecule is Cc1ccccc1CN(C(=O)CCCN(C)S(=O)(=O)c1ccccc1)C(Cc1ccccc1)C(=O)NC1CCCC1. The highest BCUT2D eigenvalue weighted by Gasteiger charge is 2.32. The zero-order chi connectivity index (χ0) is 29.2. The summed E-state index contributed by atoms with van der Waals surface area (Å²) in [6.45, 7) is 2.50. The normalized spacial score (nSPS) is 14.6.